The molecule has 0 radical (unpaired) electrons. The number of rotatable bonds is 0. The van der Waals surface area contributed by atoms with Crippen LogP contribution in [-0.4, -0.2) is 12.3 Å². The molecule has 2 rings (SSSR count). The lowest BCUT2D eigenvalue weighted by Gasteiger charge is -2.14. The molecule has 0 saturated carbocycles. The SMILES string of the molecule is BrC1=CC2NN=CC2C=C1. The van der Waals surface area contributed by atoms with E-state index in [1.54, 1.807) is 0 Å². The Morgan fingerprint density at radius 3 is 3.40 bits per heavy atom. The van der Waals surface area contributed by atoms with Crippen LogP contribution in [0, 0.1) is 5.92 Å². The Hall–Kier alpha value is -0.570. The summed E-state index contributed by atoms with van der Waals surface area (Å²) in [6.45, 7) is 0. The summed E-state index contributed by atoms with van der Waals surface area (Å²) in [6, 6.07) is 0.374. The van der Waals surface area contributed by atoms with E-state index >= 15 is 0 Å². The van der Waals surface area contributed by atoms with Gasteiger partial charge in [-0.3, -0.25) is 0 Å². The van der Waals surface area contributed by atoms with Gasteiger partial charge in [0.15, 0.2) is 0 Å². The number of allylic oxidation sites excluding steroid dienone is 2. The molecule has 2 atom stereocenters. The second kappa shape index (κ2) is 2.23. The predicted molar refractivity (Wildman–Crippen MR) is 45.1 cm³/mol. The summed E-state index contributed by atoms with van der Waals surface area (Å²) in [5.74, 6) is 0.460. The van der Waals surface area contributed by atoms with Gasteiger partial charge in [0.25, 0.3) is 0 Å². The van der Waals surface area contributed by atoms with E-state index in [9.17, 15) is 0 Å². The highest BCUT2D eigenvalue weighted by Gasteiger charge is 2.21. The van der Waals surface area contributed by atoms with Crippen molar-refractivity contribution >= 4 is 22.1 Å². The second-order valence-electron chi connectivity index (χ2n) is 2.42. The van der Waals surface area contributed by atoms with Crippen LogP contribution in [0.15, 0.2) is 27.8 Å². The quantitative estimate of drug-likeness (QED) is 0.626. The van der Waals surface area contributed by atoms with Gasteiger partial charge < -0.3 is 5.43 Å². The first kappa shape index (κ1) is 6.16. The lowest BCUT2D eigenvalue weighted by Crippen LogP contribution is -2.25. The molecule has 1 aliphatic heterocycles. The van der Waals surface area contributed by atoms with Gasteiger partial charge in [0, 0.05) is 16.6 Å². The summed E-state index contributed by atoms with van der Waals surface area (Å²) in [5, 5.41) is 3.97. The van der Waals surface area contributed by atoms with Crippen molar-refractivity contribution in [3.8, 4) is 0 Å². The molecule has 10 heavy (non-hydrogen) atoms. The molecule has 52 valence electrons. The molecule has 1 N–H and O–H groups in total. The van der Waals surface area contributed by atoms with Crippen LogP contribution in [-0.2, 0) is 0 Å². The van der Waals surface area contributed by atoms with Gasteiger partial charge in [-0.25, -0.2) is 0 Å². The fourth-order valence-corrected chi connectivity index (χ4v) is 1.58. The van der Waals surface area contributed by atoms with Crippen LogP contribution in [0.1, 0.15) is 0 Å². The first-order chi connectivity index (χ1) is 4.86. The number of nitrogens with zero attached hydrogens (tertiary/aromatic N) is 1. The maximum atomic E-state index is 3.97. The van der Waals surface area contributed by atoms with Gasteiger partial charge in [-0.2, -0.15) is 5.10 Å². The first-order valence-electron chi connectivity index (χ1n) is 3.20. The van der Waals surface area contributed by atoms with Crippen molar-refractivity contribution in [1.82, 2.24) is 5.43 Å². The fraction of sp³-hybridized carbons (Fsp3) is 0.286. The van der Waals surface area contributed by atoms with Crippen LogP contribution in [0.4, 0.5) is 0 Å². The molecule has 0 fully saturated rings. The maximum absolute atomic E-state index is 3.97. The van der Waals surface area contributed by atoms with Gasteiger partial charge in [-0.05, 0) is 6.08 Å². The number of nitrogens with one attached hydrogen (secondary N) is 1. The molecule has 2 nitrogen and oxygen atoms in total. The van der Waals surface area contributed by atoms with E-state index in [-0.39, 0.29) is 0 Å². The Balaban J connectivity index is 2.25. The smallest absolute Gasteiger partial charge is 0.0747 e. The van der Waals surface area contributed by atoms with E-state index in [4.69, 9.17) is 0 Å². The van der Waals surface area contributed by atoms with Crippen LogP contribution >= 0.6 is 15.9 Å². The number of halogens is 1. The molecule has 0 aromatic heterocycles. The zero-order valence-corrected chi connectivity index (χ0v) is 6.88. The minimum Gasteiger partial charge on any atom is -0.302 e. The molecule has 0 amide bonds. The number of hydrogen-bond acceptors (Lipinski definition) is 2. The van der Waals surface area contributed by atoms with Crippen LogP contribution in [0.25, 0.3) is 0 Å². The van der Waals surface area contributed by atoms with Crippen molar-refractivity contribution in [2.75, 3.05) is 0 Å². The van der Waals surface area contributed by atoms with E-state index in [0.717, 1.165) is 4.48 Å². The third-order valence-corrected chi connectivity index (χ3v) is 2.23. The molecular weight excluding hydrogens is 192 g/mol. The molecule has 0 bridgehead atoms. The highest BCUT2D eigenvalue weighted by atomic mass is 79.9. The zero-order chi connectivity index (χ0) is 6.97. The largest absolute Gasteiger partial charge is 0.302 e. The molecule has 2 aliphatic rings. The number of hydrogen-bond donors (Lipinski definition) is 1. The van der Waals surface area contributed by atoms with Gasteiger partial charge in [0.1, 0.15) is 0 Å². The van der Waals surface area contributed by atoms with Crippen molar-refractivity contribution < 1.29 is 0 Å². The molecule has 0 aromatic rings. The summed E-state index contributed by atoms with van der Waals surface area (Å²) >= 11 is 3.40. The van der Waals surface area contributed by atoms with E-state index in [2.05, 4.69) is 44.7 Å². The summed E-state index contributed by atoms with van der Waals surface area (Å²) in [4.78, 5) is 0. The Morgan fingerprint density at radius 1 is 1.60 bits per heavy atom. The van der Waals surface area contributed by atoms with Crippen LogP contribution < -0.4 is 5.43 Å². The molecular formula is C7H7BrN2. The summed E-state index contributed by atoms with van der Waals surface area (Å²) in [6.07, 6.45) is 8.24. The van der Waals surface area contributed by atoms with Crippen molar-refractivity contribution in [2.24, 2.45) is 11.0 Å². The zero-order valence-electron chi connectivity index (χ0n) is 5.29. The Morgan fingerprint density at radius 2 is 2.50 bits per heavy atom. The predicted octanol–water partition coefficient (Wildman–Crippen LogP) is 1.41. The maximum Gasteiger partial charge on any atom is 0.0747 e. The average molecular weight is 199 g/mol. The number of fused-ring (bicyclic) bond motifs is 1. The lowest BCUT2D eigenvalue weighted by atomic mass is 9.98. The summed E-state index contributed by atoms with van der Waals surface area (Å²) < 4.78 is 1.13. The third kappa shape index (κ3) is 0.904. The van der Waals surface area contributed by atoms with Gasteiger partial charge in [-0.15, -0.1) is 0 Å². The van der Waals surface area contributed by atoms with Gasteiger partial charge in [0.05, 0.1) is 6.04 Å². The van der Waals surface area contributed by atoms with Crippen molar-refractivity contribution in [3.05, 3.63) is 22.7 Å². The normalized spacial score (nSPS) is 35.1. The third-order valence-electron chi connectivity index (χ3n) is 1.70. The number of hydrazone groups is 1. The molecule has 2 unspecified atom stereocenters. The summed E-state index contributed by atoms with van der Waals surface area (Å²) in [7, 11) is 0. The Labute approximate surface area is 67.8 Å². The van der Waals surface area contributed by atoms with E-state index in [1.165, 1.54) is 0 Å². The fourth-order valence-electron chi connectivity index (χ4n) is 1.14. The van der Waals surface area contributed by atoms with Crippen LogP contribution in [0.3, 0.4) is 0 Å². The highest BCUT2D eigenvalue weighted by Crippen LogP contribution is 2.21. The van der Waals surface area contributed by atoms with Crippen molar-refractivity contribution in [2.45, 2.75) is 6.04 Å². The molecule has 1 heterocycles. The van der Waals surface area contributed by atoms with Crippen LogP contribution in [0.2, 0.25) is 0 Å². The molecule has 3 heteroatoms. The minimum absolute atomic E-state index is 0.374. The van der Waals surface area contributed by atoms with Gasteiger partial charge in [0.2, 0.25) is 0 Å². The highest BCUT2D eigenvalue weighted by molar-refractivity contribution is 9.11. The van der Waals surface area contributed by atoms with Gasteiger partial charge in [-0.1, -0.05) is 28.1 Å². The summed E-state index contributed by atoms with van der Waals surface area (Å²) in [5.41, 5.74) is 3.00. The monoisotopic (exact) mass is 198 g/mol. The van der Waals surface area contributed by atoms with E-state index in [0.29, 0.717) is 12.0 Å². The Bertz CT molecular complexity index is 230. The van der Waals surface area contributed by atoms with Crippen LogP contribution in [0.5, 0.6) is 0 Å². The Kier molecular flexibility index (Phi) is 1.38. The van der Waals surface area contributed by atoms with E-state index in [1.807, 2.05) is 6.21 Å². The lowest BCUT2D eigenvalue weighted by molar-refractivity contribution is 0.622. The van der Waals surface area contributed by atoms with Crippen molar-refractivity contribution in [3.63, 3.8) is 0 Å². The van der Waals surface area contributed by atoms with Crippen molar-refractivity contribution in [1.29, 1.82) is 0 Å². The standard InChI is InChI=1S/C7H7BrN2/c8-6-2-1-5-4-9-10-7(5)3-6/h1-5,7,10H. The first-order valence-corrected chi connectivity index (χ1v) is 4.00. The molecule has 0 spiro atoms. The molecule has 0 aromatic carbocycles. The molecule has 0 saturated heterocycles. The van der Waals surface area contributed by atoms with E-state index < -0.39 is 0 Å². The second-order valence-corrected chi connectivity index (χ2v) is 3.34. The minimum atomic E-state index is 0.374. The average Bonchev–Trinajstić information content (AvgIpc) is 2.33. The van der Waals surface area contributed by atoms with Gasteiger partial charge >= 0.3 is 0 Å². The topological polar surface area (TPSA) is 24.4 Å². The molecule has 1 aliphatic carbocycles.